The molecule has 0 saturated heterocycles. The molecule has 0 amide bonds. The Balaban J connectivity index is -0.000000144. The summed E-state index contributed by atoms with van der Waals surface area (Å²) in [6.45, 7) is -4.74. The van der Waals surface area contributed by atoms with Crippen LogP contribution in [0, 0.1) is 0 Å². The van der Waals surface area contributed by atoms with Crippen LogP contribution in [0.2, 0.25) is 0 Å². The number of halogens is 15. The molecule has 28 heavy (non-hydrogen) atoms. The van der Waals surface area contributed by atoms with E-state index in [9.17, 15) is 66.0 Å². The van der Waals surface area contributed by atoms with Crippen molar-refractivity contribution >= 4 is 0 Å². The van der Waals surface area contributed by atoms with Crippen molar-refractivity contribution in [1.82, 2.24) is 0 Å². The Hall–Kier alpha value is -1.39. The Labute approximate surface area is 147 Å². The van der Waals surface area contributed by atoms with Gasteiger partial charge in [0, 0.05) is 0 Å². The maximum absolute atomic E-state index is 11.4. The average Bonchev–Trinajstić information content (AvgIpc) is 2.52. The van der Waals surface area contributed by atoms with Crippen LogP contribution in [0.25, 0.3) is 0 Å². The molecule has 0 aromatic carbocycles. The third kappa shape index (κ3) is 32.3. The molecule has 0 radical (unpaired) electrons. The highest BCUT2D eigenvalue weighted by molar-refractivity contribution is 4.73. The van der Waals surface area contributed by atoms with E-state index in [4.69, 9.17) is 0 Å². The molecule has 0 atom stereocenters. The van der Waals surface area contributed by atoms with E-state index in [1.807, 2.05) is 0 Å². The van der Waals surface area contributed by atoms with E-state index in [1.54, 1.807) is 0 Å². The molecule has 0 aromatic heterocycles. The number of allylic oxidation sites excluding steroid dienone is 1. The van der Waals surface area contributed by atoms with Crippen LogP contribution in [0.1, 0.15) is 0 Å². The minimum absolute atomic E-state index is 0.417. The van der Waals surface area contributed by atoms with Gasteiger partial charge in [0.05, 0.1) is 0 Å². The summed E-state index contributed by atoms with van der Waals surface area (Å²) in [5, 5.41) is 0. The van der Waals surface area contributed by atoms with Gasteiger partial charge in [-0.05, 0) is 4.53 Å². The van der Waals surface area contributed by atoms with E-state index in [2.05, 4.69) is 16.3 Å². The molecule has 2 nitrogen and oxygen atoms in total. The molecular weight excluding hydrogens is 449 g/mol. The topological polar surface area (TPSA) is 18.5 Å². The van der Waals surface area contributed by atoms with Gasteiger partial charge >= 0.3 is 24.5 Å². The van der Waals surface area contributed by atoms with E-state index in [-0.39, 0.29) is 0 Å². The first-order valence-electron chi connectivity index (χ1n) is 6.03. The molecule has 0 unspecified atom stereocenters. The van der Waals surface area contributed by atoms with Crippen LogP contribution in [0.15, 0.2) is 12.7 Å². The fourth-order valence-electron chi connectivity index (χ4n) is 0.305. The van der Waals surface area contributed by atoms with Gasteiger partial charge in [0.25, 0.3) is 0 Å². The van der Waals surface area contributed by atoms with Crippen molar-refractivity contribution < 1.29 is 75.7 Å². The molecule has 0 heterocycles. The zero-order chi connectivity index (χ0) is 23.7. The first-order valence-corrected chi connectivity index (χ1v) is 6.03. The Morgan fingerprint density at radius 2 is 1.07 bits per heavy atom. The van der Waals surface area contributed by atoms with Crippen LogP contribution >= 0.6 is 0 Å². The molecule has 0 aliphatic heterocycles. The van der Waals surface area contributed by atoms with Gasteiger partial charge in [0.15, 0.2) is 20.1 Å². The number of rotatable bonds is 5. The molecular formula is C11H13F15O2. The average molecular weight is 462 g/mol. The standard InChI is InChI=1S/C3H2F6O.C3H4F4O.C3H5F.C2H2F4/c4-2(5,1-10-9)3(6,7)8;4-2-8-1-3(5,6)7;1-2-3-4;3-1-2(4,5)6/h1H2;1-2H2;2H,1,3H2;1H2. The normalized spacial score (nSPS) is 11.8. The fourth-order valence-corrected chi connectivity index (χ4v) is 0.305. The molecule has 0 spiro atoms. The lowest BCUT2D eigenvalue weighted by atomic mass is 10.3. The van der Waals surface area contributed by atoms with Crippen molar-refractivity contribution in [3.63, 3.8) is 0 Å². The molecule has 0 bridgehead atoms. The van der Waals surface area contributed by atoms with Gasteiger partial charge in [0.2, 0.25) is 0 Å². The summed E-state index contributed by atoms with van der Waals surface area (Å²) in [5.41, 5.74) is 0. The lowest BCUT2D eigenvalue weighted by Gasteiger charge is -2.16. The quantitative estimate of drug-likeness (QED) is 0.356. The molecule has 0 rings (SSSR count). The van der Waals surface area contributed by atoms with E-state index in [1.165, 1.54) is 6.08 Å². The van der Waals surface area contributed by atoms with Gasteiger partial charge in [0.1, 0.15) is 13.3 Å². The predicted molar refractivity (Wildman–Crippen MR) is 64.2 cm³/mol. The maximum Gasteiger partial charge on any atom is 0.455 e. The van der Waals surface area contributed by atoms with E-state index < -0.39 is 57.9 Å². The summed E-state index contributed by atoms with van der Waals surface area (Å²) < 4.78 is 166. The monoisotopic (exact) mass is 462 g/mol. The predicted octanol–water partition coefficient (Wildman–Crippen LogP) is 6.24. The van der Waals surface area contributed by atoms with Crippen LogP contribution < -0.4 is 0 Å². The van der Waals surface area contributed by atoms with Crippen LogP contribution in [0.4, 0.5) is 66.0 Å². The van der Waals surface area contributed by atoms with Crippen molar-refractivity contribution in [2.24, 2.45) is 0 Å². The van der Waals surface area contributed by atoms with Crippen molar-refractivity contribution in [3.8, 4) is 0 Å². The third-order valence-corrected chi connectivity index (χ3v) is 1.25. The van der Waals surface area contributed by atoms with Crippen LogP contribution in [-0.4, -0.2) is 57.9 Å². The van der Waals surface area contributed by atoms with Crippen LogP contribution in [0.3, 0.4) is 0 Å². The number of hydrogen-bond acceptors (Lipinski definition) is 2. The lowest BCUT2D eigenvalue weighted by molar-refractivity contribution is -0.320. The maximum atomic E-state index is 11.4. The van der Waals surface area contributed by atoms with Crippen molar-refractivity contribution in [1.29, 1.82) is 0 Å². The molecule has 0 saturated carbocycles. The Bertz CT molecular complexity index is 347. The molecule has 0 aliphatic rings. The summed E-state index contributed by atoms with van der Waals surface area (Å²) in [6.07, 6.45) is -13.6. The van der Waals surface area contributed by atoms with Crippen LogP contribution in [-0.2, 0) is 9.68 Å². The van der Waals surface area contributed by atoms with Crippen molar-refractivity contribution in [3.05, 3.63) is 12.7 Å². The summed E-state index contributed by atoms with van der Waals surface area (Å²) >= 11 is 0. The fraction of sp³-hybridized carbons (Fsp3) is 0.818. The summed E-state index contributed by atoms with van der Waals surface area (Å²) in [6, 6.07) is 0. The molecule has 17 heteroatoms. The van der Waals surface area contributed by atoms with Crippen molar-refractivity contribution in [2.45, 2.75) is 24.5 Å². The molecule has 0 aromatic rings. The van der Waals surface area contributed by atoms with Crippen LogP contribution in [0.5, 0.6) is 0 Å². The molecule has 0 N–H and O–H groups in total. The largest absolute Gasteiger partial charge is 0.455 e. The second-order valence-corrected chi connectivity index (χ2v) is 3.72. The zero-order valence-electron chi connectivity index (χ0n) is 13.3. The summed E-state index contributed by atoms with van der Waals surface area (Å²) in [7, 11) is 0. The number of alkyl halides is 14. The van der Waals surface area contributed by atoms with Gasteiger partial charge in [-0.1, -0.05) is 6.08 Å². The second-order valence-electron chi connectivity index (χ2n) is 3.72. The Kier molecular flexibility index (Phi) is 20.2. The van der Waals surface area contributed by atoms with E-state index in [0.717, 1.165) is 0 Å². The lowest BCUT2D eigenvalue weighted by Crippen LogP contribution is -2.40. The highest BCUT2D eigenvalue weighted by Gasteiger charge is 2.58. The smallest absolute Gasteiger partial charge is 0.341 e. The first kappa shape index (κ1) is 34.1. The number of ether oxygens (including phenoxy) is 1. The van der Waals surface area contributed by atoms with Gasteiger partial charge in [-0.2, -0.15) is 53.2 Å². The van der Waals surface area contributed by atoms with Gasteiger partial charge in [-0.3, -0.25) is 0 Å². The van der Waals surface area contributed by atoms with Crippen molar-refractivity contribution in [2.75, 3.05) is 33.4 Å². The number of hydrogen-bond donors (Lipinski definition) is 0. The Morgan fingerprint density at radius 1 is 0.714 bits per heavy atom. The minimum Gasteiger partial charge on any atom is -0.341 e. The Morgan fingerprint density at radius 3 is 1.14 bits per heavy atom. The van der Waals surface area contributed by atoms with E-state index >= 15 is 0 Å². The molecule has 0 aliphatic carbocycles. The molecule has 0 fully saturated rings. The molecule has 174 valence electrons. The highest BCUT2D eigenvalue weighted by atomic mass is 19.4. The first-order chi connectivity index (χ1) is 12.3. The van der Waals surface area contributed by atoms with Gasteiger partial charge in [-0.15, -0.1) is 6.58 Å². The second kappa shape index (κ2) is 16.6. The van der Waals surface area contributed by atoms with Gasteiger partial charge in [-0.25, -0.2) is 13.2 Å². The summed E-state index contributed by atoms with van der Waals surface area (Å²) in [4.78, 5) is 2.16. The third-order valence-electron chi connectivity index (χ3n) is 1.25. The van der Waals surface area contributed by atoms with Gasteiger partial charge < -0.3 is 4.74 Å². The van der Waals surface area contributed by atoms with E-state index in [0.29, 0.717) is 0 Å². The highest BCUT2D eigenvalue weighted by Crippen LogP contribution is 2.35. The summed E-state index contributed by atoms with van der Waals surface area (Å²) in [5.74, 6) is -5.11. The zero-order valence-corrected chi connectivity index (χ0v) is 13.3. The SMILES string of the molecule is C=CCF.FCC(F)(F)F.FCOCC(F)(F)F.FOCC(F)(F)C(F)(F)F. The minimum atomic E-state index is -5.75.